The van der Waals surface area contributed by atoms with Crippen molar-refractivity contribution in [2.45, 2.75) is 18.9 Å². The summed E-state index contributed by atoms with van der Waals surface area (Å²) in [6.45, 7) is 0.565. The van der Waals surface area contributed by atoms with Crippen LogP contribution in [0.2, 0.25) is 0 Å². The highest BCUT2D eigenvalue weighted by Crippen LogP contribution is 2.32. The second kappa shape index (κ2) is 8.71. The van der Waals surface area contributed by atoms with Crippen LogP contribution >= 0.6 is 0 Å². The van der Waals surface area contributed by atoms with Crippen molar-refractivity contribution in [3.05, 3.63) is 102 Å². The summed E-state index contributed by atoms with van der Waals surface area (Å²) in [7, 11) is 0. The Labute approximate surface area is 197 Å². The van der Waals surface area contributed by atoms with Crippen molar-refractivity contribution in [3.63, 3.8) is 0 Å². The lowest BCUT2D eigenvalue weighted by Gasteiger charge is -2.17. The van der Waals surface area contributed by atoms with Crippen LogP contribution in [0.15, 0.2) is 83.6 Å². The van der Waals surface area contributed by atoms with E-state index in [-0.39, 0.29) is 11.3 Å². The zero-order chi connectivity index (χ0) is 24.6. The molecule has 0 saturated heterocycles. The van der Waals surface area contributed by atoms with Crippen molar-refractivity contribution in [1.29, 1.82) is 0 Å². The number of ether oxygens (including phenoxy) is 1. The molecule has 0 aliphatic carbocycles. The number of Topliss-reactive ketones (excluding diaryl/α,β-unsaturated/α-hetero) is 1. The number of anilines is 2. The first-order valence-corrected chi connectivity index (χ1v) is 10.6. The molecule has 1 unspecified atom stereocenters. The van der Waals surface area contributed by atoms with Gasteiger partial charge in [0.1, 0.15) is 11.8 Å². The van der Waals surface area contributed by atoms with E-state index in [0.29, 0.717) is 23.7 Å². The molecule has 1 amide bonds. The van der Waals surface area contributed by atoms with Gasteiger partial charge in [0.05, 0.1) is 18.4 Å². The number of ketones is 1. The highest BCUT2D eigenvalue weighted by atomic mass is 19.4. The third-order valence-electron chi connectivity index (χ3n) is 5.57. The fourth-order valence-electron chi connectivity index (χ4n) is 3.96. The number of carbonyl (C=O) groups is 2. The number of halogens is 3. The van der Waals surface area contributed by atoms with Crippen LogP contribution in [-0.2, 0) is 6.54 Å². The van der Waals surface area contributed by atoms with Gasteiger partial charge in [-0.3, -0.25) is 9.59 Å². The van der Waals surface area contributed by atoms with Crippen LogP contribution in [0.5, 0.6) is 5.75 Å². The molecule has 2 N–H and O–H groups in total. The number of carbonyl (C=O) groups excluding carboxylic acids is 2. The van der Waals surface area contributed by atoms with Gasteiger partial charge in [0.2, 0.25) is 0 Å². The average Bonchev–Trinajstić information content (AvgIpc) is 3.44. The van der Waals surface area contributed by atoms with Crippen LogP contribution in [-0.4, -0.2) is 22.6 Å². The molecule has 10 heteroatoms. The fourth-order valence-corrected chi connectivity index (χ4v) is 3.96. The number of hydrogen-bond acceptors (Lipinski definition) is 5. The molecular weight excluding hydrogens is 463 g/mol. The molecule has 0 fully saturated rings. The molecule has 0 radical (unpaired) electrons. The topological polar surface area (TPSA) is 85.5 Å². The molecule has 0 spiro atoms. The number of amides is 1. The predicted octanol–water partition coefficient (Wildman–Crippen LogP) is 5.63. The maximum absolute atomic E-state index is 13.3. The Morgan fingerprint density at radius 3 is 2.57 bits per heavy atom. The summed E-state index contributed by atoms with van der Waals surface area (Å²) in [5, 5.41) is 5.69. The smallest absolute Gasteiger partial charge is 0.449 e. The first-order valence-electron chi connectivity index (χ1n) is 10.6. The molecular formula is C25H18F3N3O4. The van der Waals surface area contributed by atoms with E-state index in [1.54, 1.807) is 18.4 Å². The number of hydrogen-bond donors (Lipinski definition) is 2. The zero-order valence-corrected chi connectivity index (χ0v) is 18.0. The third kappa shape index (κ3) is 4.63. The van der Waals surface area contributed by atoms with Gasteiger partial charge in [-0.1, -0.05) is 12.1 Å². The zero-order valence-electron chi connectivity index (χ0n) is 18.0. The Balaban J connectivity index is 1.34. The minimum Gasteiger partial charge on any atom is -0.449 e. The van der Waals surface area contributed by atoms with Crippen molar-refractivity contribution >= 4 is 23.3 Å². The Bertz CT molecular complexity index is 1390. The van der Waals surface area contributed by atoms with Crippen molar-refractivity contribution < 1.29 is 31.9 Å². The fraction of sp³-hybridized carbons (Fsp3) is 0.120. The second-order valence-electron chi connectivity index (χ2n) is 7.85. The minimum absolute atomic E-state index is 0.212. The van der Waals surface area contributed by atoms with Gasteiger partial charge in [-0.15, -0.1) is 13.2 Å². The summed E-state index contributed by atoms with van der Waals surface area (Å²) in [4.78, 5) is 25.9. The van der Waals surface area contributed by atoms with Crippen molar-refractivity contribution in [2.24, 2.45) is 0 Å². The van der Waals surface area contributed by atoms with Crippen LogP contribution in [0.1, 0.15) is 38.0 Å². The molecule has 5 rings (SSSR count). The number of aromatic nitrogens is 1. The molecule has 0 bridgehead atoms. The first kappa shape index (κ1) is 22.3. The lowest BCUT2D eigenvalue weighted by Crippen LogP contribution is -2.22. The molecule has 178 valence electrons. The molecule has 1 aliphatic heterocycles. The summed E-state index contributed by atoms with van der Waals surface area (Å²) in [6, 6.07) is 16.0. The standard InChI is InChI=1S/C25H18F3N3O4/c26-25(27,28)35-20-6-2-1-4-18(20)23(33)29-17-9-7-15(8-10-17)22(32)21-19-5-3-12-31(19)14-16-11-13-34-24(16)30-21/h1-13,21,30H,14H2,(H,29,33). The second-order valence-corrected chi connectivity index (χ2v) is 7.85. The van der Waals surface area contributed by atoms with Gasteiger partial charge in [0.25, 0.3) is 5.91 Å². The molecule has 3 heterocycles. The molecule has 1 atom stereocenters. The SMILES string of the molecule is O=C(Nc1ccc(C(=O)C2Nc3occc3Cn3cccc32)cc1)c1ccccc1OC(F)(F)F. The van der Waals surface area contributed by atoms with E-state index in [1.807, 2.05) is 29.0 Å². The lowest BCUT2D eigenvalue weighted by atomic mass is 10.0. The first-order chi connectivity index (χ1) is 16.8. The van der Waals surface area contributed by atoms with Crippen LogP contribution in [0, 0.1) is 0 Å². The van der Waals surface area contributed by atoms with Crippen LogP contribution in [0.3, 0.4) is 0 Å². The quantitative estimate of drug-likeness (QED) is 0.361. The molecule has 2 aromatic carbocycles. The third-order valence-corrected chi connectivity index (χ3v) is 5.57. The van der Waals surface area contributed by atoms with Gasteiger partial charge in [-0.25, -0.2) is 0 Å². The van der Waals surface area contributed by atoms with Crippen LogP contribution in [0.25, 0.3) is 0 Å². The van der Waals surface area contributed by atoms with Gasteiger partial charge in [-0.05, 0) is 54.6 Å². The largest absolute Gasteiger partial charge is 0.573 e. The van der Waals surface area contributed by atoms with E-state index >= 15 is 0 Å². The maximum Gasteiger partial charge on any atom is 0.573 e. The number of nitrogens with one attached hydrogen (secondary N) is 2. The van der Waals surface area contributed by atoms with Crippen molar-refractivity contribution in [1.82, 2.24) is 4.57 Å². The van der Waals surface area contributed by atoms with Gasteiger partial charge in [0, 0.05) is 28.7 Å². The number of rotatable bonds is 5. The van der Waals surface area contributed by atoms with Gasteiger partial charge in [0.15, 0.2) is 11.7 Å². The van der Waals surface area contributed by atoms with E-state index in [2.05, 4.69) is 15.4 Å². The highest BCUT2D eigenvalue weighted by molar-refractivity contribution is 6.07. The summed E-state index contributed by atoms with van der Waals surface area (Å²) in [5.41, 5.74) is 2.11. The predicted molar refractivity (Wildman–Crippen MR) is 120 cm³/mol. The van der Waals surface area contributed by atoms with Crippen LogP contribution < -0.4 is 15.4 Å². The molecule has 2 aromatic heterocycles. The number of benzene rings is 2. The summed E-state index contributed by atoms with van der Waals surface area (Å²) in [6.07, 6.45) is -1.48. The Morgan fingerprint density at radius 1 is 1.03 bits per heavy atom. The summed E-state index contributed by atoms with van der Waals surface area (Å²) in [5.74, 6) is -1.08. The number of fused-ring (bicyclic) bond motifs is 2. The number of alkyl halides is 3. The molecule has 4 aromatic rings. The van der Waals surface area contributed by atoms with E-state index < -0.39 is 24.1 Å². The van der Waals surface area contributed by atoms with E-state index in [0.717, 1.165) is 17.3 Å². The maximum atomic E-state index is 13.3. The van der Waals surface area contributed by atoms with Crippen molar-refractivity contribution in [3.8, 4) is 5.75 Å². The van der Waals surface area contributed by atoms with E-state index in [1.165, 1.54) is 30.3 Å². The average molecular weight is 481 g/mol. The molecule has 7 nitrogen and oxygen atoms in total. The molecule has 1 aliphatic rings. The van der Waals surface area contributed by atoms with E-state index in [4.69, 9.17) is 4.42 Å². The Hall–Kier alpha value is -4.47. The summed E-state index contributed by atoms with van der Waals surface area (Å²) >= 11 is 0. The van der Waals surface area contributed by atoms with Crippen LogP contribution in [0.4, 0.5) is 24.7 Å². The monoisotopic (exact) mass is 481 g/mol. The van der Waals surface area contributed by atoms with E-state index in [9.17, 15) is 22.8 Å². The molecule has 0 saturated carbocycles. The lowest BCUT2D eigenvalue weighted by molar-refractivity contribution is -0.274. The Kier molecular flexibility index (Phi) is 5.56. The Morgan fingerprint density at radius 2 is 1.80 bits per heavy atom. The van der Waals surface area contributed by atoms with Gasteiger partial charge < -0.3 is 24.4 Å². The number of furan rings is 1. The molecule has 35 heavy (non-hydrogen) atoms. The normalized spacial score (nSPS) is 14.8. The number of para-hydroxylation sites is 1. The van der Waals surface area contributed by atoms with Gasteiger partial charge >= 0.3 is 6.36 Å². The minimum atomic E-state index is -4.93. The highest BCUT2D eigenvalue weighted by Gasteiger charge is 2.33. The van der Waals surface area contributed by atoms with Gasteiger partial charge in [-0.2, -0.15) is 0 Å². The summed E-state index contributed by atoms with van der Waals surface area (Å²) < 4.78 is 49.3. The van der Waals surface area contributed by atoms with Crippen molar-refractivity contribution in [2.75, 3.05) is 10.6 Å². The number of nitrogens with zero attached hydrogens (tertiary/aromatic N) is 1.